The first kappa shape index (κ1) is 11.9. The molecule has 84 valence electrons. The van der Waals surface area contributed by atoms with E-state index in [0.29, 0.717) is 11.9 Å². The molecule has 0 spiro atoms. The molecule has 0 aliphatic carbocycles. The van der Waals surface area contributed by atoms with Crippen molar-refractivity contribution < 1.29 is 4.74 Å². The zero-order valence-corrected chi connectivity index (χ0v) is 9.66. The zero-order valence-electron chi connectivity index (χ0n) is 9.66. The number of hydrogen-bond acceptors (Lipinski definition) is 4. The van der Waals surface area contributed by atoms with Crippen molar-refractivity contribution in [3.63, 3.8) is 0 Å². The van der Waals surface area contributed by atoms with Crippen molar-refractivity contribution in [2.24, 2.45) is 0 Å². The lowest BCUT2D eigenvalue weighted by molar-refractivity contribution is 0.388. The molecule has 1 aromatic rings. The van der Waals surface area contributed by atoms with Gasteiger partial charge in [-0.15, -0.1) is 5.10 Å². The minimum Gasteiger partial charge on any atom is -0.480 e. The smallest absolute Gasteiger partial charge is 0.233 e. The van der Waals surface area contributed by atoms with E-state index < -0.39 is 0 Å². The van der Waals surface area contributed by atoms with Crippen molar-refractivity contribution in [2.75, 3.05) is 13.7 Å². The van der Waals surface area contributed by atoms with E-state index >= 15 is 0 Å². The van der Waals surface area contributed by atoms with Crippen LogP contribution >= 0.6 is 0 Å². The van der Waals surface area contributed by atoms with Crippen molar-refractivity contribution >= 4 is 0 Å². The molecule has 1 aromatic heterocycles. The molecule has 0 radical (unpaired) electrons. The predicted octanol–water partition coefficient (Wildman–Crippen LogP) is 1.94. The Balaban J connectivity index is 2.65. The molecule has 0 amide bonds. The Morgan fingerprint density at radius 3 is 2.60 bits per heavy atom. The van der Waals surface area contributed by atoms with Crippen LogP contribution < -0.4 is 10.1 Å². The average molecular weight is 209 g/mol. The highest BCUT2D eigenvalue weighted by molar-refractivity contribution is 5.13. The van der Waals surface area contributed by atoms with E-state index in [-0.39, 0.29) is 0 Å². The lowest BCUT2D eigenvalue weighted by Gasteiger charge is -2.15. The second-order valence-corrected chi connectivity index (χ2v) is 3.42. The molecular weight excluding hydrogens is 190 g/mol. The monoisotopic (exact) mass is 209 g/mol. The molecule has 1 atom stereocenters. The van der Waals surface area contributed by atoms with E-state index in [1.54, 1.807) is 7.11 Å². The van der Waals surface area contributed by atoms with Crippen LogP contribution in [-0.2, 0) is 0 Å². The van der Waals surface area contributed by atoms with E-state index in [0.717, 1.165) is 25.1 Å². The van der Waals surface area contributed by atoms with E-state index in [2.05, 4.69) is 29.4 Å². The van der Waals surface area contributed by atoms with Crippen LogP contribution in [0, 0.1) is 0 Å². The van der Waals surface area contributed by atoms with Crippen LogP contribution in [0.1, 0.15) is 38.4 Å². The van der Waals surface area contributed by atoms with Crippen molar-refractivity contribution in [1.29, 1.82) is 0 Å². The van der Waals surface area contributed by atoms with Gasteiger partial charge in [0.05, 0.1) is 18.8 Å². The first-order chi connectivity index (χ1) is 7.31. The third-order valence-corrected chi connectivity index (χ3v) is 2.28. The average Bonchev–Trinajstić information content (AvgIpc) is 2.31. The van der Waals surface area contributed by atoms with Crippen molar-refractivity contribution in [3.8, 4) is 5.88 Å². The maximum Gasteiger partial charge on any atom is 0.233 e. The lowest BCUT2D eigenvalue weighted by atomic mass is 10.1. The second kappa shape index (κ2) is 6.35. The third-order valence-electron chi connectivity index (χ3n) is 2.28. The van der Waals surface area contributed by atoms with Gasteiger partial charge in [-0.25, -0.2) is 0 Å². The summed E-state index contributed by atoms with van der Waals surface area (Å²) in [5.74, 6) is 0.559. The molecule has 0 fully saturated rings. The van der Waals surface area contributed by atoms with Crippen LogP contribution in [0.4, 0.5) is 0 Å². The Bertz CT molecular complexity index is 274. The molecule has 0 bridgehead atoms. The highest BCUT2D eigenvalue weighted by Gasteiger charge is 2.09. The highest BCUT2D eigenvalue weighted by Crippen LogP contribution is 2.14. The SMILES string of the molecule is CCCNC(CC)c1ccc(OC)nn1. The van der Waals surface area contributed by atoms with Crippen LogP contribution in [0.5, 0.6) is 5.88 Å². The maximum absolute atomic E-state index is 4.97. The first-order valence-electron chi connectivity index (χ1n) is 5.42. The fraction of sp³-hybridized carbons (Fsp3) is 0.636. The lowest BCUT2D eigenvalue weighted by Crippen LogP contribution is -2.22. The molecule has 4 heteroatoms. The molecule has 1 unspecified atom stereocenters. The molecule has 0 saturated carbocycles. The Morgan fingerprint density at radius 2 is 2.13 bits per heavy atom. The van der Waals surface area contributed by atoms with Gasteiger partial charge in [0.25, 0.3) is 0 Å². The molecule has 0 aliphatic rings. The summed E-state index contributed by atoms with van der Waals surface area (Å²) in [6.07, 6.45) is 2.14. The molecule has 15 heavy (non-hydrogen) atoms. The summed E-state index contributed by atoms with van der Waals surface area (Å²) in [6.45, 7) is 5.30. The number of methoxy groups -OCH3 is 1. The summed E-state index contributed by atoms with van der Waals surface area (Å²) in [5, 5.41) is 11.5. The fourth-order valence-electron chi connectivity index (χ4n) is 1.40. The van der Waals surface area contributed by atoms with Gasteiger partial charge in [0.1, 0.15) is 0 Å². The summed E-state index contributed by atoms with van der Waals surface area (Å²) in [5.41, 5.74) is 0.978. The molecule has 0 saturated heterocycles. The van der Waals surface area contributed by atoms with E-state index in [1.165, 1.54) is 0 Å². The minimum atomic E-state index is 0.295. The van der Waals surface area contributed by atoms with E-state index in [9.17, 15) is 0 Å². The molecule has 4 nitrogen and oxygen atoms in total. The standard InChI is InChI=1S/C11H19N3O/c1-4-8-12-9(5-2)10-6-7-11(15-3)14-13-10/h6-7,9,12H,4-5,8H2,1-3H3. The molecule has 1 rings (SSSR count). The van der Waals surface area contributed by atoms with Gasteiger partial charge in [-0.1, -0.05) is 13.8 Å². The maximum atomic E-state index is 4.97. The minimum absolute atomic E-state index is 0.295. The van der Waals surface area contributed by atoms with Crippen LogP contribution in [0.15, 0.2) is 12.1 Å². The summed E-state index contributed by atoms with van der Waals surface area (Å²) in [4.78, 5) is 0. The first-order valence-corrected chi connectivity index (χ1v) is 5.42. The van der Waals surface area contributed by atoms with Crippen molar-refractivity contribution in [2.45, 2.75) is 32.7 Å². The van der Waals surface area contributed by atoms with Crippen LogP contribution in [0.25, 0.3) is 0 Å². The third kappa shape index (κ3) is 3.47. The molecular formula is C11H19N3O. The quantitative estimate of drug-likeness (QED) is 0.777. The van der Waals surface area contributed by atoms with E-state index in [1.807, 2.05) is 12.1 Å². The normalized spacial score (nSPS) is 12.5. The zero-order chi connectivity index (χ0) is 11.1. The number of aromatic nitrogens is 2. The molecule has 1 N–H and O–H groups in total. The van der Waals surface area contributed by atoms with Crippen LogP contribution in [0.3, 0.4) is 0 Å². The van der Waals surface area contributed by atoms with Crippen molar-refractivity contribution in [3.05, 3.63) is 17.8 Å². The summed E-state index contributed by atoms with van der Waals surface area (Å²) in [6, 6.07) is 4.10. The van der Waals surface area contributed by atoms with Crippen molar-refractivity contribution in [1.82, 2.24) is 15.5 Å². The second-order valence-electron chi connectivity index (χ2n) is 3.42. The molecule has 1 heterocycles. The van der Waals surface area contributed by atoms with Gasteiger partial charge in [0.2, 0.25) is 5.88 Å². The number of rotatable bonds is 6. The largest absolute Gasteiger partial charge is 0.480 e. The number of nitrogens with zero attached hydrogens (tertiary/aromatic N) is 2. The van der Waals surface area contributed by atoms with Gasteiger partial charge in [-0.05, 0) is 25.5 Å². The van der Waals surface area contributed by atoms with Gasteiger partial charge in [0, 0.05) is 6.07 Å². The van der Waals surface area contributed by atoms with Crippen LogP contribution in [0.2, 0.25) is 0 Å². The topological polar surface area (TPSA) is 47.0 Å². The Kier molecular flexibility index (Phi) is 5.04. The summed E-state index contributed by atoms with van der Waals surface area (Å²) in [7, 11) is 1.59. The molecule has 0 aromatic carbocycles. The number of ether oxygens (including phenoxy) is 1. The summed E-state index contributed by atoms with van der Waals surface area (Å²) >= 11 is 0. The van der Waals surface area contributed by atoms with Gasteiger partial charge < -0.3 is 10.1 Å². The summed E-state index contributed by atoms with van der Waals surface area (Å²) < 4.78 is 4.97. The van der Waals surface area contributed by atoms with Gasteiger partial charge >= 0.3 is 0 Å². The molecule has 0 aliphatic heterocycles. The highest BCUT2D eigenvalue weighted by atomic mass is 16.5. The van der Waals surface area contributed by atoms with Crippen LogP contribution in [-0.4, -0.2) is 23.9 Å². The van der Waals surface area contributed by atoms with Gasteiger partial charge in [-0.3, -0.25) is 0 Å². The van der Waals surface area contributed by atoms with Gasteiger partial charge in [0.15, 0.2) is 0 Å². The van der Waals surface area contributed by atoms with Gasteiger partial charge in [-0.2, -0.15) is 5.10 Å². The Hall–Kier alpha value is -1.16. The van der Waals surface area contributed by atoms with E-state index in [4.69, 9.17) is 4.74 Å². The predicted molar refractivity (Wildman–Crippen MR) is 59.9 cm³/mol. The fourth-order valence-corrected chi connectivity index (χ4v) is 1.40. The Labute approximate surface area is 91.1 Å². The number of nitrogens with one attached hydrogen (secondary N) is 1. The number of hydrogen-bond donors (Lipinski definition) is 1. The Morgan fingerprint density at radius 1 is 1.33 bits per heavy atom.